The first kappa shape index (κ1) is 12.8. The molecule has 0 aliphatic carbocycles. The summed E-state index contributed by atoms with van der Waals surface area (Å²) in [6, 6.07) is -0.0352. The van der Waals surface area contributed by atoms with E-state index in [2.05, 4.69) is 11.9 Å². The number of hydrogen-bond acceptors (Lipinski definition) is 3. The largest absolute Gasteiger partial charge is 0.315 e. The average molecular weight is 246 g/mol. The maximum absolute atomic E-state index is 12.2. The zero-order valence-corrected chi connectivity index (χ0v) is 10.6. The fourth-order valence-electron chi connectivity index (χ4n) is 2.36. The van der Waals surface area contributed by atoms with E-state index in [1.807, 2.05) is 13.0 Å². The number of carbonyl (C=O) groups is 2. The van der Waals surface area contributed by atoms with Crippen LogP contribution in [0.2, 0.25) is 0 Å². The van der Waals surface area contributed by atoms with Crippen molar-refractivity contribution in [3.8, 4) is 0 Å². The van der Waals surface area contributed by atoms with Gasteiger partial charge < -0.3 is 5.32 Å². The maximum Gasteiger partial charge on any atom is 0.261 e. The second-order valence-electron chi connectivity index (χ2n) is 4.57. The third kappa shape index (κ3) is 2.16. The number of nitrogens with one attached hydrogen (secondary N) is 1. The van der Waals surface area contributed by atoms with Crippen LogP contribution in [0.25, 0.3) is 0 Å². The number of piperidine rings is 1. The topological polar surface area (TPSA) is 49.4 Å². The first-order valence-corrected chi connectivity index (χ1v) is 6.27. The van der Waals surface area contributed by atoms with Crippen LogP contribution in [0, 0.1) is 0 Å². The van der Waals surface area contributed by atoms with Gasteiger partial charge in [0.25, 0.3) is 11.8 Å². The molecule has 2 heterocycles. The Kier molecular flexibility index (Phi) is 3.77. The zero-order valence-electron chi connectivity index (χ0n) is 10.6. The first-order chi connectivity index (χ1) is 8.66. The van der Waals surface area contributed by atoms with E-state index in [0.717, 1.165) is 19.4 Å². The summed E-state index contributed by atoms with van der Waals surface area (Å²) in [6.07, 6.45) is 7.10. The predicted molar refractivity (Wildman–Crippen MR) is 69.8 cm³/mol. The number of likely N-dealkylation sites (tertiary alicyclic amines) is 1. The molecule has 2 saturated heterocycles. The number of rotatable bonds is 2. The van der Waals surface area contributed by atoms with Crippen molar-refractivity contribution in [2.45, 2.75) is 25.8 Å². The van der Waals surface area contributed by atoms with E-state index in [1.54, 1.807) is 12.2 Å². The van der Waals surface area contributed by atoms with Crippen molar-refractivity contribution >= 4 is 11.8 Å². The molecule has 2 aliphatic heterocycles. The van der Waals surface area contributed by atoms with E-state index >= 15 is 0 Å². The Morgan fingerprint density at radius 2 is 2.17 bits per heavy atom. The minimum Gasteiger partial charge on any atom is -0.315 e. The number of carbonyl (C=O) groups excluding carboxylic acids is 2. The Morgan fingerprint density at radius 1 is 1.39 bits per heavy atom. The average Bonchev–Trinajstić information content (AvgIpc) is 2.60. The quantitative estimate of drug-likeness (QED) is 0.587. The molecule has 2 aliphatic rings. The van der Waals surface area contributed by atoms with Crippen LogP contribution < -0.4 is 5.32 Å². The van der Waals surface area contributed by atoms with Gasteiger partial charge in [-0.15, -0.1) is 0 Å². The monoisotopic (exact) mass is 246 g/mol. The molecule has 18 heavy (non-hydrogen) atoms. The van der Waals surface area contributed by atoms with Crippen LogP contribution in [-0.2, 0) is 9.59 Å². The zero-order chi connectivity index (χ0) is 13.1. The van der Waals surface area contributed by atoms with Gasteiger partial charge in [-0.3, -0.25) is 14.5 Å². The van der Waals surface area contributed by atoms with E-state index in [1.165, 1.54) is 4.90 Å². The Balaban J connectivity index is 2.25. The molecule has 1 atom stereocenters. The van der Waals surface area contributed by atoms with Gasteiger partial charge in [0.2, 0.25) is 0 Å². The molecular formula is C14H18N2O2. The Morgan fingerprint density at radius 3 is 2.78 bits per heavy atom. The smallest absolute Gasteiger partial charge is 0.261 e. The summed E-state index contributed by atoms with van der Waals surface area (Å²) >= 11 is 0. The van der Waals surface area contributed by atoms with Crippen LogP contribution in [0.3, 0.4) is 0 Å². The molecule has 0 spiro atoms. The van der Waals surface area contributed by atoms with Crippen LogP contribution >= 0.6 is 0 Å². The molecule has 0 unspecified atom stereocenters. The molecule has 0 bridgehead atoms. The predicted octanol–water partition coefficient (Wildman–Crippen LogP) is 1.17. The minimum atomic E-state index is -0.246. The van der Waals surface area contributed by atoms with Crippen molar-refractivity contribution in [2.24, 2.45) is 0 Å². The molecule has 0 radical (unpaired) electrons. The lowest BCUT2D eigenvalue weighted by molar-refractivity contribution is -0.139. The van der Waals surface area contributed by atoms with E-state index in [9.17, 15) is 9.59 Å². The van der Waals surface area contributed by atoms with Gasteiger partial charge in [0, 0.05) is 12.1 Å². The van der Waals surface area contributed by atoms with Gasteiger partial charge in [0.05, 0.1) is 11.6 Å². The van der Waals surface area contributed by atoms with Crippen molar-refractivity contribution < 1.29 is 9.59 Å². The van der Waals surface area contributed by atoms with Crippen molar-refractivity contribution in [3.05, 3.63) is 36.0 Å². The third-order valence-electron chi connectivity index (χ3n) is 3.34. The van der Waals surface area contributed by atoms with Gasteiger partial charge in [-0.1, -0.05) is 18.7 Å². The van der Waals surface area contributed by atoms with Crippen LogP contribution in [0.4, 0.5) is 0 Å². The summed E-state index contributed by atoms with van der Waals surface area (Å²) in [5.74, 6) is -0.457. The lowest BCUT2D eigenvalue weighted by Crippen LogP contribution is -2.48. The molecule has 4 nitrogen and oxygen atoms in total. The van der Waals surface area contributed by atoms with E-state index in [-0.39, 0.29) is 17.9 Å². The van der Waals surface area contributed by atoms with Gasteiger partial charge >= 0.3 is 0 Å². The highest BCUT2D eigenvalue weighted by atomic mass is 16.2. The van der Waals surface area contributed by atoms with Gasteiger partial charge in [-0.05, 0) is 32.4 Å². The highest BCUT2D eigenvalue weighted by Gasteiger charge is 2.41. The van der Waals surface area contributed by atoms with Crippen molar-refractivity contribution in [1.29, 1.82) is 0 Å². The molecule has 0 aromatic carbocycles. The molecule has 4 heteroatoms. The minimum absolute atomic E-state index is 0.0352. The Bertz CT molecular complexity index is 443. The highest BCUT2D eigenvalue weighted by molar-refractivity contribution is 6.24. The summed E-state index contributed by atoms with van der Waals surface area (Å²) < 4.78 is 0. The summed E-state index contributed by atoms with van der Waals surface area (Å²) in [7, 11) is 0. The molecule has 2 amide bonds. The van der Waals surface area contributed by atoms with E-state index in [4.69, 9.17) is 0 Å². The van der Waals surface area contributed by atoms with Crippen LogP contribution in [0.1, 0.15) is 19.8 Å². The molecule has 0 aromatic rings. The summed E-state index contributed by atoms with van der Waals surface area (Å²) in [5.41, 5.74) is 0.729. The molecule has 2 fully saturated rings. The number of allylic oxidation sites excluding steroid dienone is 3. The fourth-order valence-corrected chi connectivity index (χ4v) is 2.36. The van der Waals surface area contributed by atoms with Crippen LogP contribution in [0.5, 0.6) is 0 Å². The fraction of sp³-hybridized carbons (Fsp3) is 0.429. The lowest BCUT2D eigenvalue weighted by atomic mass is 10.1. The molecule has 2 rings (SSSR count). The van der Waals surface area contributed by atoms with Gasteiger partial charge in [0.1, 0.15) is 0 Å². The summed E-state index contributed by atoms with van der Waals surface area (Å²) in [4.78, 5) is 25.7. The lowest BCUT2D eigenvalue weighted by Gasteiger charge is -2.29. The molecule has 1 N–H and O–H groups in total. The molecule has 96 valence electrons. The van der Waals surface area contributed by atoms with Crippen LogP contribution in [-0.4, -0.2) is 35.8 Å². The van der Waals surface area contributed by atoms with Gasteiger partial charge in [-0.2, -0.15) is 0 Å². The van der Waals surface area contributed by atoms with Crippen LogP contribution in [0.15, 0.2) is 36.0 Å². The third-order valence-corrected chi connectivity index (χ3v) is 3.34. The summed E-state index contributed by atoms with van der Waals surface area (Å²) in [6.45, 7) is 7.23. The Labute approximate surface area is 107 Å². The number of nitrogens with zero attached hydrogens (tertiary/aromatic N) is 1. The second-order valence-corrected chi connectivity index (χ2v) is 4.57. The van der Waals surface area contributed by atoms with E-state index < -0.39 is 0 Å². The SMILES string of the molecule is C=C1C(=O)N([C@@H]2CCCNC2)C(=O)/C1=C/C=C\C. The molecule has 0 saturated carbocycles. The van der Waals surface area contributed by atoms with Crippen molar-refractivity contribution in [1.82, 2.24) is 10.2 Å². The Hall–Kier alpha value is -1.68. The maximum atomic E-state index is 12.2. The van der Waals surface area contributed by atoms with Gasteiger partial charge in [0.15, 0.2) is 0 Å². The summed E-state index contributed by atoms with van der Waals surface area (Å²) in [5, 5.41) is 3.22. The van der Waals surface area contributed by atoms with Crippen molar-refractivity contribution in [2.75, 3.05) is 13.1 Å². The van der Waals surface area contributed by atoms with Crippen molar-refractivity contribution in [3.63, 3.8) is 0 Å². The van der Waals surface area contributed by atoms with Gasteiger partial charge in [-0.25, -0.2) is 0 Å². The number of hydrogen-bond donors (Lipinski definition) is 1. The number of imide groups is 1. The molecule has 0 aromatic heterocycles. The highest BCUT2D eigenvalue weighted by Crippen LogP contribution is 2.27. The second kappa shape index (κ2) is 5.31. The molecular weight excluding hydrogens is 228 g/mol. The number of amides is 2. The normalized spacial score (nSPS) is 27.8. The first-order valence-electron chi connectivity index (χ1n) is 6.27. The van der Waals surface area contributed by atoms with E-state index in [0.29, 0.717) is 17.7 Å². The standard InChI is InChI=1S/C14H18N2O2/c1-3-4-7-12-10(2)13(17)16(14(12)18)11-6-5-8-15-9-11/h3-4,7,11,15H,2,5-6,8-9H2,1H3/b4-3-,12-7+/t11-/m1/s1.